The Morgan fingerprint density at radius 1 is 1.28 bits per heavy atom. The van der Waals surface area contributed by atoms with Crippen molar-refractivity contribution in [1.29, 1.82) is 0 Å². The number of fused-ring (bicyclic) bond motifs is 2. The Balaban J connectivity index is 1.98. The predicted molar refractivity (Wildman–Crippen MR) is 117 cm³/mol. The van der Waals surface area contributed by atoms with E-state index in [2.05, 4.69) is 22.0 Å². The number of benzene rings is 1. The molecule has 0 fully saturated rings. The third kappa shape index (κ3) is 5.35. The number of carbonyl (C=O) groups excluding carboxylic acids is 2. The number of ketones is 1. The zero-order chi connectivity index (χ0) is 21.0. The molecule has 1 amide bonds. The van der Waals surface area contributed by atoms with E-state index in [0.717, 1.165) is 23.2 Å². The Morgan fingerprint density at radius 2 is 2.07 bits per heavy atom. The van der Waals surface area contributed by atoms with Crippen molar-refractivity contribution >= 4 is 28.8 Å². The maximum absolute atomic E-state index is 13.2. The molecule has 0 saturated carbocycles. The van der Waals surface area contributed by atoms with Crippen LogP contribution < -0.4 is 16.0 Å². The minimum Gasteiger partial charge on any atom is -0.450 e. The van der Waals surface area contributed by atoms with Gasteiger partial charge in [-0.3, -0.25) is 10.1 Å². The van der Waals surface area contributed by atoms with E-state index in [4.69, 9.17) is 4.74 Å². The second-order valence-electron chi connectivity index (χ2n) is 8.22. The first-order chi connectivity index (χ1) is 13.8. The van der Waals surface area contributed by atoms with Crippen molar-refractivity contribution in [1.82, 2.24) is 5.32 Å². The molecule has 0 spiro atoms. The second kappa shape index (κ2) is 8.66. The number of carbonyl (C=O) groups is 2. The van der Waals surface area contributed by atoms with Crippen LogP contribution in [0.5, 0.6) is 0 Å². The maximum atomic E-state index is 13.2. The standard InChI is InChI=1S/C23H29N3O3/c1-5-29-22(28)25-16-10-11-20-17(13-16)18(21(27)14-24-23(2,3)4)12-15-8-6-7-9-19(15)26-20/h6-8,10-13,19,24,26H,5,9,14H2,1-4H3,(H,25,28). The summed E-state index contributed by atoms with van der Waals surface area (Å²) in [6.07, 6.45) is 8.47. The highest BCUT2D eigenvalue weighted by atomic mass is 16.5. The van der Waals surface area contributed by atoms with E-state index >= 15 is 0 Å². The monoisotopic (exact) mass is 395 g/mol. The Hall–Kier alpha value is -2.86. The van der Waals surface area contributed by atoms with Crippen LogP contribution in [0.1, 0.15) is 39.7 Å². The summed E-state index contributed by atoms with van der Waals surface area (Å²) in [5, 5.41) is 9.53. The van der Waals surface area contributed by atoms with Gasteiger partial charge in [0.25, 0.3) is 0 Å². The molecule has 3 N–H and O–H groups in total. The van der Waals surface area contributed by atoms with E-state index in [1.165, 1.54) is 0 Å². The van der Waals surface area contributed by atoms with Crippen molar-refractivity contribution in [3.8, 4) is 0 Å². The van der Waals surface area contributed by atoms with Gasteiger partial charge >= 0.3 is 6.09 Å². The molecule has 1 aromatic rings. The number of ether oxygens (including phenoxy) is 1. The molecule has 0 saturated heterocycles. The van der Waals surface area contributed by atoms with Crippen LogP contribution in [0.2, 0.25) is 0 Å². The summed E-state index contributed by atoms with van der Waals surface area (Å²) in [6, 6.07) is 5.65. The van der Waals surface area contributed by atoms with E-state index in [1.807, 2.05) is 57.2 Å². The topological polar surface area (TPSA) is 79.5 Å². The molecule has 6 nitrogen and oxygen atoms in total. The van der Waals surface area contributed by atoms with E-state index in [9.17, 15) is 9.59 Å². The number of anilines is 2. The normalized spacial score (nSPS) is 17.7. The molecule has 0 aromatic heterocycles. The van der Waals surface area contributed by atoms with Gasteiger partial charge in [0.05, 0.1) is 19.2 Å². The fourth-order valence-electron chi connectivity index (χ4n) is 3.30. The highest BCUT2D eigenvalue weighted by molar-refractivity contribution is 6.24. The lowest BCUT2D eigenvalue weighted by Crippen LogP contribution is -2.39. The fraction of sp³-hybridized carbons (Fsp3) is 0.391. The van der Waals surface area contributed by atoms with Gasteiger partial charge in [0.15, 0.2) is 5.78 Å². The summed E-state index contributed by atoms with van der Waals surface area (Å²) >= 11 is 0. The molecule has 1 aliphatic carbocycles. The average molecular weight is 396 g/mol. The molecule has 1 aromatic carbocycles. The highest BCUT2D eigenvalue weighted by Crippen LogP contribution is 2.35. The number of hydrogen-bond donors (Lipinski definition) is 3. The average Bonchev–Trinajstić information content (AvgIpc) is 2.82. The van der Waals surface area contributed by atoms with Gasteiger partial charge in [-0.2, -0.15) is 0 Å². The number of hydrogen-bond acceptors (Lipinski definition) is 5. The predicted octanol–water partition coefficient (Wildman–Crippen LogP) is 4.28. The summed E-state index contributed by atoms with van der Waals surface area (Å²) in [5.74, 6) is 0.00682. The number of rotatable bonds is 5. The van der Waals surface area contributed by atoms with Crippen molar-refractivity contribution in [2.24, 2.45) is 0 Å². The lowest BCUT2D eigenvalue weighted by atomic mass is 9.94. The van der Waals surface area contributed by atoms with Gasteiger partial charge in [-0.15, -0.1) is 0 Å². The Labute approximate surface area is 172 Å². The van der Waals surface area contributed by atoms with Crippen molar-refractivity contribution in [3.05, 3.63) is 53.6 Å². The Kier molecular flexibility index (Phi) is 6.23. The molecule has 154 valence electrons. The summed E-state index contributed by atoms with van der Waals surface area (Å²) in [7, 11) is 0. The van der Waals surface area contributed by atoms with E-state index in [1.54, 1.807) is 6.92 Å². The van der Waals surface area contributed by atoms with E-state index < -0.39 is 6.09 Å². The first-order valence-electron chi connectivity index (χ1n) is 9.98. The molecule has 1 heterocycles. The Morgan fingerprint density at radius 3 is 2.79 bits per heavy atom. The largest absolute Gasteiger partial charge is 0.450 e. The first-order valence-corrected chi connectivity index (χ1v) is 9.98. The molecular weight excluding hydrogens is 366 g/mol. The quantitative estimate of drug-likeness (QED) is 0.694. The summed E-state index contributed by atoms with van der Waals surface area (Å²) < 4.78 is 4.97. The SMILES string of the molecule is CCOC(=O)Nc1ccc2c(c1)C(C(=O)CNC(C)(C)C)=CC1=CC=CCC1N2. The molecule has 3 rings (SSSR count). The van der Waals surface area contributed by atoms with E-state index in [-0.39, 0.29) is 23.9 Å². The van der Waals surface area contributed by atoms with Gasteiger partial charge in [-0.05, 0) is 64.0 Å². The molecule has 1 aliphatic heterocycles. The molecule has 1 atom stereocenters. The van der Waals surface area contributed by atoms with Gasteiger partial charge in [0.1, 0.15) is 0 Å². The second-order valence-corrected chi connectivity index (χ2v) is 8.22. The highest BCUT2D eigenvalue weighted by Gasteiger charge is 2.25. The molecule has 6 heteroatoms. The minimum atomic E-state index is -0.513. The fourth-order valence-corrected chi connectivity index (χ4v) is 3.30. The summed E-state index contributed by atoms with van der Waals surface area (Å²) in [5.41, 5.74) is 3.77. The lowest BCUT2D eigenvalue weighted by molar-refractivity contribution is -0.113. The van der Waals surface area contributed by atoms with Gasteiger partial charge in [0, 0.05) is 28.1 Å². The first kappa shape index (κ1) is 20.9. The summed E-state index contributed by atoms with van der Waals surface area (Å²) in [4.78, 5) is 25.0. The number of amides is 1. The molecule has 2 aliphatic rings. The van der Waals surface area contributed by atoms with Crippen LogP contribution in [-0.4, -0.2) is 36.6 Å². The van der Waals surface area contributed by atoms with Gasteiger partial charge < -0.3 is 15.4 Å². The third-order valence-electron chi connectivity index (χ3n) is 4.75. The lowest BCUT2D eigenvalue weighted by Gasteiger charge is -2.21. The molecule has 0 bridgehead atoms. The van der Waals surface area contributed by atoms with Crippen LogP contribution >= 0.6 is 0 Å². The smallest absolute Gasteiger partial charge is 0.411 e. The van der Waals surface area contributed by atoms with Crippen LogP contribution in [0.15, 0.2) is 48.1 Å². The number of nitrogens with one attached hydrogen (secondary N) is 3. The van der Waals surface area contributed by atoms with Crippen LogP contribution in [0.4, 0.5) is 16.2 Å². The van der Waals surface area contributed by atoms with Crippen LogP contribution in [0.25, 0.3) is 5.57 Å². The maximum Gasteiger partial charge on any atom is 0.411 e. The minimum absolute atomic E-state index is 0.00682. The van der Waals surface area contributed by atoms with Crippen LogP contribution in [0.3, 0.4) is 0 Å². The number of allylic oxidation sites excluding steroid dienone is 2. The Bertz CT molecular complexity index is 891. The zero-order valence-electron chi connectivity index (χ0n) is 17.5. The van der Waals surface area contributed by atoms with E-state index in [0.29, 0.717) is 17.9 Å². The van der Waals surface area contributed by atoms with Gasteiger partial charge in [-0.25, -0.2) is 4.79 Å². The molecule has 29 heavy (non-hydrogen) atoms. The zero-order valence-corrected chi connectivity index (χ0v) is 17.5. The van der Waals surface area contributed by atoms with Gasteiger partial charge in [0.2, 0.25) is 0 Å². The molecule has 0 radical (unpaired) electrons. The molecular formula is C23H29N3O3. The molecule has 1 unspecified atom stereocenters. The summed E-state index contributed by atoms with van der Waals surface area (Å²) in [6.45, 7) is 8.38. The third-order valence-corrected chi connectivity index (χ3v) is 4.75. The van der Waals surface area contributed by atoms with Crippen molar-refractivity contribution in [3.63, 3.8) is 0 Å². The number of Topliss-reactive ketones (excluding diaryl/α,β-unsaturated/α-hetero) is 1. The van der Waals surface area contributed by atoms with Crippen molar-refractivity contribution < 1.29 is 14.3 Å². The van der Waals surface area contributed by atoms with Crippen LogP contribution in [-0.2, 0) is 9.53 Å². The van der Waals surface area contributed by atoms with Gasteiger partial charge in [-0.1, -0.05) is 18.2 Å². The van der Waals surface area contributed by atoms with Crippen LogP contribution in [0, 0.1) is 0 Å². The van der Waals surface area contributed by atoms with Crippen molar-refractivity contribution in [2.45, 2.75) is 45.7 Å². The van der Waals surface area contributed by atoms with Crippen molar-refractivity contribution in [2.75, 3.05) is 23.8 Å².